The molecule has 6 fully saturated rings. The lowest BCUT2D eigenvalue weighted by Crippen LogP contribution is -2.68. The van der Waals surface area contributed by atoms with Crippen molar-refractivity contribution < 1.29 is 0 Å². The van der Waals surface area contributed by atoms with Crippen LogP contribution < -0.4 is 26.2 Å². The molecule has 0 saturated heterocycles. The highest BCUT2D eigenvalue weighted by atomic mass is 15.3. The van der Waals surface area contributed by atoms with E-state index in [1.54, 1.807) is 61.4 Å². The van der Waals surface area contributed by atoms with Gasteiger partial charge in [0.2, 0.25) is 0 Å². The molecule has 0 atom stereocenters. The summed E-state index contributed by atoms with van der Waals surface area (Å²) in [7, 11) is 0. The molecule has 0 N–H and O–H groups in total. The van der Waals surface area contributed by atoms with Gasteiger partial charge in [-0.2, -0.15) is 0 Å². The van der Waals surface area contributed by atoms with E-state index in [2.05, 4.69) is 108 Å². The summed E-state index contributed by atoms with van der Waals surface area (Å²) < 4.78 is 0. The van der Waals surface area contributed by atoms with Crippen LogP contribution in [0.15, 0.2) is 42.5 Å². The lowest BCUT2D eigenvalue weighted by Gasteiger charge is -2.60. The molecule has 0 radical (unpaired) electrons. The van der Waals surface area contributed by atoms with Crippen LogP contribution in [0.5, 0.6) is 0 Å². The molecule has 0 amide bonds. The first-order valence-corrected chi connectivity index (χ1v) is 22.2. The fraction of sp³-hybridized carbons (Fsp3) is 0.640. The molecule has 2 aliphatic heterocycles. The van der Waals surface area contributed by atoms with Crippen molar-refractivity contribution in [1.29, 1.82) is 0 Å². The maximum atomic E-state index is 3.04. The zero-order valence-corrected chi connectivity index (χ0v) is 34.5. The third-order valence-electron chi connectivity index (χ3n) is 18.0. The fourth-order valence-corrected chi connectivity index (χ4v) is 14.2. The van der Waals surface area contributed by atoms with Crippen LogP contribution in [0.2, 0.25) is 0 Å². The lowest BCUT2D eigenvalue weighted by molar-refractivity contribution is 0.140. The van der Waals surface area contributed by atoms with Crippen molar-refractivity contribution in [3.05, 3.63) is 64.7 Å². The van der Waals surface area contributed by atoms with Gasteiger partial charge in [0.05, 0.1) is 0 Å². The summed E-state index contributed by atoms with van der Waals surface area (Å²) in [5.41, 5.74) is 18.8. The lowest BCUT2D eigenvalue weighted by atomic mass is 9.32. The van der Waals surface area contributed by atoms with Crippen LogP contribution in [0.25, 0.3) is 0 Å². The Hall–Kier alpha value is -2.68. The largest absolute Gasteiger partial charge is 0.336 e. The van der Waals surface area contributed by atoms with Crippen molar-refractivity contribution in [1.82, 2.24) is 0 Å². The SMILES string of the molecule is CC1(C)CCC(C)(C)c2cc3c(cc21)B1c2cc4c(cc2N(C25CCC(CC2)CC5)c2cccc(c21)N3C12CCC(CC1)CC2)C(C)(C)CCC4(C)C. The van der Waals surface area contributed by atoms with Crippen LogP contribution in [0.1, 0.15) is 180 Å². The Morgan fingerprint density at radius 3 is 1.09 bits per heavy atom. The van der Waals surface area contributed by atoms with E-state index in [1.165, 1.54) is 103 Å². The first-order chi connectivity index (χ1) is 25.1. The molecular formula is C50H65BN2. The van der Waals surface area contributed by atoms with Gasteiger partial charge in [0, 0.05) is 33.8 Å². The molecule has 0 spiro atoms. The average molecular weight is 705 g/mol. The van der Waals surface area contributed by atoms with Gasteiger partial charge in [0.25, 0.3) is 6.71 Å². The highest BCUT2D eigenvalue weighted by Crippen LogP contribution is 2.58. The number of rotatable bonds is 2. The summed E-state index contributed by atoms with van der Waals surface area (Å²) >= 11 is 0. The fourth-order valence-electron chi connectivity index (χ4n) is 14.2. The summed E-state index contributed by atoms with van der Waals surface area (Å²) in [5, 5.41) is 0. The van der Waals surface area contributed by atoms with Gasteiger partial charge in [0.15, 0.2) is 0 Å². The molecule has 0 unspecified atom stereocenters. The Morgan fingerprint density at radius 2 is 0.755 bits per heavy atom. The highest BCUT2D eigenvalue weighted by molar-refractivity contribution is 7.00. The Kier molecular flexibility index (Phi) is 6.72. The van der Waals surface area contributed by atoms with Gasteiger partial charge < -0.3 is 9.80 Å². The van der Waals surface area contributed by atoms with E-state index >= 15 is 0 Å². The van der Waals surface area contributed by atoms with Crippen molar-refractivity contribution >= 4 is 45.9 Å². The predicted molar refractivity (Wildman–Crippen MR) is 227 cm³/mol. The van der Waals surface area contributed by atoms with Crippen molar-refractivity contribution in [3.8, 4) is 0 Å². The van der Waals surface area contributed by atoms with Gasteiger partial charge in [-0.05, 0) is 199 Å². The molecule has 6 saturated carbocycles. The van der Waals surface area contributed by atoms with Gasteiger partial charge in [-0.1, -0.05) is 73.6 Å². The Bertz CT molecular complexity index is 1880. The maximum Gasteiger partial charge on any atom is 0.252 e. The van der Waals surface area contributed by atoms with E-state index in [9.17, 15) is 0 Å². The molecule has 10 aliphatic rings. The van der Waals surface area contributed by atoms with Crippen LogP contribution in [0, 0.1) is 11.8 Å². The Morgan fingerprint density at radius 1 is 0.434 bits per heavy atom. The normalized spacial score (nSPS) is 33.1. The molecule has 3 aromatic rings. The monoisotopic (exact) mass is 705 g/mol. The van der Waals surface area contributed by atoms with Crippen molar-refractivity contribution in [2.75, 3.05) is 9.80 Å². The van der Waals surface area contributed by atoms with E-state index in [4.69, 9.17) is 0 Å². The minimum Gasteiger partial charge on any atom is -0.336 e. The number of nitrogens with zero attached hydrogens (tertiary/aromatic N) is 2. The highest BCUT2D eigenvalue weighted by Gasteiger charge is 2.55. The van der Waals surface area contributed by atoms with E-state index in [1.807, 2.05) is 0 Å². The van der Waals surface area contributed by atoms with Crippen LogP contribution in [-0.2, 0) is 21.7 Å². The van der Waals surface area contributed by atoms with Gasteiger partial charge in [-0.25, -0.2) is 0 Å². The van der Waals surface area contributed by atoms with E-state index in [0.717, 1.165) is 11.8 Å². The zero-order chi connectivity index (χ0) is 36.5. The second kappa shape index (κ2) is 10.6. The number of anilines is 4. The van der Waals surface area contributed by atoms with Crippen LogP contribution in [0.3, 0.4) is 0 Å². The second-order valence-corrected chi connectivity index (χ2v) is 22.7. The van der Waals surface area contributed by atoms with E-state index < -0.39 is 0 Å². The zero-order valence-electron chi connectivity index (χ0n) is 34.5. The topological polar surface area (TPSA) is 6.48 Å². The van der Waals surface area contributed by atoms with Gasteiger partial charge in [-0.15, -0.1) is 0 Å². The molecular weight excluding hydrogens is 639 g/mol. The molecule has 8 aliphatic carbocycles. The molecule has 3 aromatic carbocycles. The minimum atomic E-state index is 0.177. The third kappa shape index (κ3) is 4.46. The second-order valence-electron chi connectivity index (χ2n) is 22.7. The summed E-state index contributed by atoms with van der Waals surface area (Å²) in [4.78, 5) is 6.07. The van der Waals surface area contributed by atoms with Crippen LogP contribution in [0.4, 0.5) is 22.7 Å². The molecule has 13 rings (SSSR count). The van der Waals surface area contributed by atoms with Crippen LogP contribution >= 0.6 is 0 Å². The van der Waals surface area contributed by atoms with E-state index in [-0.39, 0.29) is 39.5 Å². The van der Waals surface area contributed by atoms with Crippen LogP contribution in [-0.4, -0.2) is 17.8 Å². The summed E-state index contributed by atoms with van der Waals surface area (Å²) in [6.07, 6.45) is 21.6. The molecule has 2 nitrogen and oxygen atoms in total. The average Bonchev–Trinajstić information content (AvgIpc) is 3.15. The summed E-state index contributed by atoms with van der Waals surface area (Å²) in [6, 6.07) is 18.8. The smallest absolute Gasteiger partial charge is 0.252 e. The quantitative estimate of drug-likeness (QED) is 0.245. The Balaban J connectivity index is 1.25. The first-order valence-electron chi connectivity index (χ1n) is 22.2. The number of fused-ring (bicyclic) bond motifs is 12. The molecule has 53 heavy (non-hydrogen) atoms. The maximum absolute atomic E-state index is 3.04. The number of hydrogen-bond donors (Lipinski definition) is 0. The minimum absolute atomic E-state index is 0.177. The molecule has 4 bridgehead atoms. The van der Waals surface area contributed by atoms with Gasteiger partial charge in [0.1, 0.15) is 0 Å². The summed E-state index contributed by atoms with van der Waals surface area (Å²) in [6.45, 7) is 20.6. The third-order valence-corrected chi connectivity index (χ3v) is 18.0. The molecule has 0 aromatic heterocycles. The molecule has 2 heterocycles. The number of hydrogen-bond acceptors (Lipinski definition) is 2. The van der Waals surface area contributed by atoms with Crippen molar-refractivity contribution in [2.24, 2.45) is 11.8 Å². The molecule has 3 heteroatoms. The van der Waals surface area contributed by atoms with Crippen molar-refractivity contribution in [2.45, 2.75) is 191 Å². The van der Waals surface area contributed by atoms with Gasteiger partial charge in [-0.3, -0.25) is 0 Å². The standard InChI is InChI=1S/C50H65BN2/c1-45(2)24-26-47(5,6)36-30-42-38(28-34(36)45)51-39-29-35-37(48(7,8)27-25-46(35,3)4)31-43(39)53(50-21-15-33(16-22-50)17-23-50)41-11-9-10-40(44(41)51)52(42)49-18-12-32(13-19-49)14-20-49/h9-11,28-33H,12-27H2,1-8H3. The first kappa shape index (κ1) is 33.6. The van der Waals surface area contributed by atoms with Gasteiger partial charge >= 0.3 is 0 Å². The Labute approximate surface area is 322 Å². The predicted octanol–water partition coefficient (Wildman–Crippen LogP) is 11.2. The number of benzene rings is 3. The summed E-state index contributed by atoms with van der Waals surface area (Å²) in [5.74, 6) is 1.90. The van der Waals surface area contributed by atoms with Crippen molar-refractivity contribution in [3.63, 3.8) is 0 Å². The van der Waals surface area contributed by atoms with E-state index in [0.29, 0.717) is 0 Å². The molecule has 278 valence electrons.